The molecule has 18 heavy (non-hydrogen) atoms. The number of alkyl halides is 3. The van der Waals surface area contributed by atoms with Crippen molar-refractivity contribution in [1.82, 2.24) is 4.98 Å². The van der Waals surface area contributed by atoms with Gasteiger partial charge in [-0.15, -0.1) is 11.3 Å². The van der Waals surface area contributed by atoms with Gasteiger partial charge in [-0.3, -0.25) is 4.98 Å². The minimum Gasteiger partial charge on any atom is -0.462 e. The lowest BCUT2D eigenvalue weighted by Crippen LogP contribution is -2.04. The highest BCUT2D eigenvalue weighted by molar-refractivity contribution is 7.20. The lowest BCUT2D eigenvalue weighted by Gasteiger charge is -2.04. The van der Waals surface area contributed by atoms with E-state index in [0.29, 0.717) is 10.2 Å². The summed E-state index contributed by atoms with van der Waals surface area (Å²) >= 11 is 0.939. The number of ether oxygens (including phenoxy) is 1. The van der Waals surface area contributed by atoms with Gasteiger partial charge in [0.1, 0.15) is 4.88 Å². The molecule has 0 aliphatic rings. The highest BCUT2D eigenvalue weighted by Crippen LogP contribution is 2.33. The molecule has 0 atom stereocenters. The maximum absolute atomic E-state index is 12.5. The van der Waals surface area contributed by atoms with E-state index in [9.17, 15) is 18.0 Å². The molecule has 0 bridgehead atoms. The van der Waals surface area contributed by atoms with Crippen molar-refractivity contribution in [2.45, 2.75) is 13.1 Å². The van der Waals surface area contributed by atoms with Crippen LogP contribution in [0, 0.1) is 0 Å². The van der Waals surface area contributed by atoms with Gasteiger partial charge in [-0.25, -0.2) is 4.79 Å². The summed E-state index contributed by atoms with van der Waals surface area (Å²) in [7, 11) is 0. The van der Waals surface area contributed by atoms with Crippen molar-refractivity contribution in [2.24, 2.45) is 0 Å². The molecule has 0 radical (unpaired) electrons. The summed E-state index contributed by atoms with van der Waals surface area (Å²) in [6.45, 7) is 1.87. The topological polar surface area (TPSA) is 39.2 Å². The first kappa shape index (κ1) is 12.8. The number of thiophene rings is 1. The molecule has 0 saturated heterocycles. The number of carbonyl (C=O) groups excluding carboxylic acids is 1. The van der Waals surface area contributed by atoms with Crippen LogP contribution in [0.1, 0.15) is 22.2 Å². The van der Waals surface area contributed by atoms with Gasteiger partial charge in [0.2, 0.25) is 0 Å². The molecule has 2 aromatic heterocycles. The molecule has 2 rings (SSSR count). The Bertz CT molecular complexity index is 591. The quantitative estimate of drug-likeness (QED) is 0.787. The van der Waals surface area contributed by atoms with E-state index in [4.69, 9.17) is 4.74 Å². The van der Waals surface area contributed by atoms with Crippen LogP contribution in [0.5, 0.6) is 0 Å². The van der Waals surface area contributed by atoms with Crippen LogP contribution in [0.4, 0.5) is 13.2 Å². The third kappa shape index (κ3) is 2.45. The van der Waals surface area contributed by atoms with Gasteiger partial charge >= 0.3 is 12.1 Å². The van der Waals surface area contributed by atoms with Gasteiger partial charge in [-0.05, 0) is 19.1 Å². The van der Waals surface area contributed by atoms with Gasteiger partial charge in [0, 0.05) is 6.20 Å². The van der Waals surface area contributed by atoms with Crippen molar-refractivity contribution in [2.75, 3.05) is 6.61 Å². The molecule has 0 unspecified atom stereocenters. The molecule has 0 aliphatic carbocycles. The molecule has 0 fully saturated rings. The van der Waals surface area contributed by atoms with E-state index < -0.39 is 17.7 Å². The number of pyridine rings is 1. The van der Waals surface area contributed by atoms with Gasteiger partial charge in [-0.1, -0.05) is 0 Å². The fraction of sp³-hybridized carbons (Fsp3) is 0.273. The Labute approximate surface area is 104 Å². The van der Waals surface area contributed by atoms with Crippen molar-refractivity contribution in [3.8, 4) is 0 Å². The van der Waals surface area contributed by atoms with Gasteiger partial charge in [-0.2, -0.15) is 13.2 Å². The second kappa shape index (κ2) is 4.56. The molecule has 0 amide bonds. The molecule has 0 aromatic carbocycles. The summed E-state index contributed by atoms with van der Waals surface area (Å²) < 4.78 is 42.5. The predicted octanol–water partition coefficient (Wildman–Crippen LogP) is 3.49. The number of hydrogen-bond acceptors (Lipinski definition) is 4. The first-order valence-corrected chi connectivity index (χ1v) is 5.87. The van der Waals surface area contributed by atoms with Crippen molar-refractivity contribution in [3.63, 3.8) is 0 Å². The van der Waals surface area contributed by atoms with E-state index in [1.165, 1.54) is 6.07 Å². The molecular weight excluding hydrogens is 267 g/mol. The fourth-order valence-corrected chi connectivity index (χ4v) is 2.33. The third-order valence-electron chi connectivity index (χ3n) is 2.17. The number of fused-ring (bicyclic) bond motifs is 1. The zero-order valence-electron chi connectivity index (χ0n) is 9.25. The minimum absolute atomic E-state index is 0.217. The molecule has 2 heterocycles. The zero-order valence-corrected chi connectivity index (χ0v) is 10.1. The van der Waals surface area contributed by atoms with Crippen molar-refractivity contribution in [1.29, 1.82) is 0 Å². The Morgan fingerprint density at radius 2 is 2.17 bits per heavy atom. The minimum atomic E-state index is -4.44. The number of halogens is 3. The van der Waals surface area contributed by atoms with Gasteiger partial charge in [0.25, 0.3) is 0 Å². The van der Waals surface area contributed by atoms with Gasteiger partial charge in [0.05, 0.1) is 22.4 Å². The Morgan fingerprint density at radius 1 is 1.44 bits per heavy atom. The summed E-state index contributed by atoms with van der Waals surface area (Å²) in [5, 5.41) is 0. The molecule has 0 spiro atoms. The predicted molar refractivity (Wildman–Crippen MR) is 60.6 cm³/mol. The average molecular weight is 275 g/mol. The van der Waals surface area contributed by atoms with Crippen LogP contribution in [0.15, 0.2) is 18.3 Å². The molecular formula is C11H8F3NO2S. The summed E-state index contributed by atoms with van der Waals surface area (Å²) in [5.74, 6) is -0.547. The third-order valence-corrected chi connectivity index (χ3v) is 3.22. The van der Waals surface area contributed by atoms with E-state index in [-0.39, 0.29) is 11.5 Å². The Balaban J connectivity index is 2.43. The zero-order chi connectivity index (χ0) is 13.3. The van der Waals surface area contributed by atoms with Crippen LogP contribution >= 0.6 is 11.3 Å². The van der Waals surface area contributed by atoms with Crippen LogP contribution in [0.3, 0.4) is 0 Å². The van der Waals surface area contributed by atoms with E-state index in [0.717, 1.165) is 23.6 Å². The van der Waals surface area contributed by atoms with Gasteiger partial charge < -0.3 is 4.74 Å². The number of nitrogens with zero attached hydrogens (tertiary/aromatic N) is 1. The van der Waals surface area contributed by atoms with Crippen LogP contribution in [0.25, 0.3) is 10.2 Å². The van der Waals surface area contributed by atoms with Crippen LogP contribution in [0.2, 0.25) is 0 Å². The molecule has 3 nitrogen and oxygen atoms in total. The van der Waals surface area contributed by atoms with Crippen molar-refractivity contribution < 1.29 is 22.7 Å². The molecule has 96 valence electrons. The normalized spacial score (nSPS) is 11.8. The maximum atomic E-state index is 12.5. The summed E-state index contributed by atoms with van der Waals surface area (Å²) in [6.07, 6.45) is -3.68. The van der Waals surface area contributed by atoms with Crippen LogP contribution < -0.4 is 0 Å². The monoisotopic (exact) mass is 275 g/mol. The summed E-state index contributed by atoms with van der Waals surface area (Å²) in [4.78, 5) is 15.4. The number of aromatic nitrogens is 1. The highest BCUT2D eigenvalue weighted by Gasteiger charge is 2.31. The Kier molecular flexibility index (Phi) is 3.25. The Hall–Kier alpha value is -1.63. The van der Waals surface area contributed by atoms with Crippen LogP contribution in [-0.2, 0) is 10.9 Å². The summed E-state index contributed by atoms with van der Waals surface area (Å²) in [6, 6.07) is 2.41. The second-order valence-corrected chi connectivity index (χ2v) is 4.52. The van der Waals surface area contributed by atoms with Crippen molar-refractivity contribution in [3.05, 3.63) is 28.8 Å². The smallest absolute Gasteiger partial charge is 0.417 e. The lowest BCUT2D eigenvalue weighted by atomic mass is 10.2. The highest BCUT2D eigenvalue weighted by atomic mass is 32.1. The standard InChI is InChI=1S/C11H8F3NO2S/c1-2-17-10(16)9-4-7-8(18-9)3-6(5-15-7)11(12,13)14/h3-5H,2H2,1H3. The van der Waals surface area contributed by atoms with E-state index in [1.54, 1.807) is 6.92 Å². The molecule has 0 saturated carbocycles. The van der Waals surface area contributed by atoms with E-state index in [1.807, 2.05) is 0 Å². The number of carbonyl (C=O) groups is 1. The number of esters is 1. The largest absolute Gasteiger partial charge is 0.462 e. The lowest BCUT2D eigenvalue weighted by molar-refractivity contribution is -0.137. The van der Waals surface area contributed by atoms with E-state index >= 15 is 0 Å². The Morgan fingerprint density at radius 3 is 2.78 bits per heavy atom. The van der Waals surface area contributed by atoms with Crippen LogP contribution in [-0.4, -0.2) is 17.6 Å². The SMILES string of the molecule is CCOC(=O)c1cc2ncc(C(F)(F)F)cc2s1. The number of hydrogen-bond donors (Lipinski definition) is 0. The molecule has 0 N–H and O–H groups in total. The van der Waals surface area contributed by atoms with E-state index in [2.05, 4.69) is 4.98 Å². The molecule has 2 aromatic rings. The number of rotatable bonds is 2. The summed E-state index contributed by atoms with van der Waals surface area (Å²) in [5.41, 5.74) is -0.469. The molecule has 7 heteroatoms. The van der Waals surface area contributed by atoms with Crippen molar-refractivity contribution >= 4 is 27.5 Å². The molecule has 0 aliphatic heterocycles. The average Bonchev–Trinajstić information content (AvgIpc) is 2.70. The van der Waals surface area contributed by atoms with Gasteiger partial charge in [0.15, 0.2) is 0 Å². The maximum Gasteiger partial charge on any atom is 0.417 e. The first-order valence-electron chi connectivity index (χ1n) is 5.05. The fourth-order valence-electron chi connectivity index (χ4n) is 1.38. The first-order chi connectivity index (χ1) is 8.41. The second-order valence-electron chi connectivity index (χ2n) is 3.44.